The van der Waals surface area contributed by atoms with Crippen LogP contribution in [0.5, 0.6) is 0 Å². The zero-order chi connectivity index (χ0) is 14.5. The topological polar surface area (TPSA) is 32.8 Å². The highest BCUT2D eigenvalue weighted by Gasteiger charge is 2.23. The second-order valence-electron chi connectivity index (χ2n) is 5.38. The van der Waals surface area contributed by atoms with Crippen LogP contribution in [0, 0.1) is 0 Å². The third kappa shape index (κ3) is 3.77. The second-order valence-corrected chi connectivity index (χ2v) is 5.38. The average Bonchev–Trinajstić information content (AvgIpc) is 2.88. The molecule has 0 radical (unpaired) electrons. The Morgan fingerprint density at radius 2 is 2.10 bits per heavy atom. The fourth-order valence-corrected chi connectivity index (χ4v) is 2.51. The van der Waals surface area contributed by atoms with Crippen LogP contribution in [0.25, 0.3) is 0 Å². The number of hydrogen-bond donors (Lipinski definition) is 0. The van der Waals surface area contributed by atoms with E-state index in [1.807, 2.05) is 12.1 Å². The summed E-state index contributed by atoms with van der Waals surface area (Å²) in [6.07, 6.45) is 1.19. The van der Waals surface area contributed by atoms with Crippen molar-refractivity contribution in [2.24, 2.45) is 0 Å². The van der Waals surface area contributed by atoms with Crippen LogP contribution in [-0.2, 0) is 11.3 Å². The zero-order valence-electron chi connectivity index (χ0n) is 12.0. The lowest BCUT2D eigenvalue weighted by Gasteiger charge is -2.20. The minimum atomic E-state index is -1.08. The highest BCUT2D eigenvalue weighted by Crippen LogP contribution is 2.16. The standard InChI is InChI=1S/C15H21FN2O2/c1-17(2)14-7-8-18(10-14)9-12-3-5-13(6-4-12)15(19)20-11-16/h3-6,14H,7-11H2,1-2H3. The number of likely N-dealkylation sites (tertiary alicyclic amines) is 1. The van der Waals surface area contributed by atoms with Crippen molar-refractivity contribution in [3.8, 4) is 0 Å². The lowest BCUT2D eigenvalue weighted by molar-refractivity contribution is 0.0324. The molecule has 0 bridgehead atoms. The molecule has 4 nitrogen and oxygen atoms in total. The first-order chi connectivity index (χ1) is 9.60. The summed E-state index contributed by atoms with van der Waals surface area (Å²) in [6, 6.07) is 7.80. The van der Waals surface area contributed by atoms with Crippen LogP contribution in [0.4, 0.5) is 4.39 Å². The minimum Gasteiger partial charge on any atom is -0.430 e. The fourth-order valence-electron chi connectivity index (χ4n) is 2.51. The molecule has 2 rings (SSSR count). The Kier molecular flexibility index (Phi) is 5.09. The number of carbonyl (C=O) groups excluding carboxylic acids is 1. The first kappa shape index (κ1) is 14.9. The van der Waals surface area contributed by atoms with E-state index < -0.39 is 12.8 Å². The number of halogens is 1. The largest absolute Gasteiger partial charge is 0.430 e. The molecule has 5 heteroatoms. The van der Waals surface area contributed by atoms with E-state index in [2.05, 4.69) is 28.6 Å². The van der Waals surface area contributed by atoms with Gasteiger partial charge in [0.2, 0.25) is 6.86 Å². The van der Waals surface area contributed by atoms with E-state index >= 15 is 0 Å². The zero-order valence-corrected chi connectivity index (χ0v) is 12.0. The SMILES string of the molecule is CN(C)C1CCN(Cc2ccc(C(=O)OCF)cc2)C1. The van der Waals surface area contributed by atoms with Gasteiger partial charge in [0.15, 0.2) is 0 Å². The summed E-state index contributed by atoms with van der Waals surface area (Å²) >= 11 is 0. The molecule has 1 aromatic carbocycles. The third-order valence-corrected chi connectivity index (χ3v) is 3.76. The highest BCUT2D eigenvalue weighted by atomic mass is 19.1. The number of carbonyl (C=O) groups is 1. The van der Waals surface area contributed by atoms with Crippen LogP contribution < -0.4 is 0 Å². The van der Waals surface area contributed by atoms with Gasteiger partial charge in [-0.2, -0.15) is 0 Å². The van der Waals surface area contributed by atoms with Gasteiger partial charge in [-0.25, -0.2) is 9.18 Å². The molecular formula is C15H21FN2O2. The molecule has 1 atom stereocenters. The van der Waals surface area contributed by atoms with E-state index in [0.29, 0.717) is 11.6 Å². The molecule has 1 heterocycles. The van der Waals surface area contributed by atoms with Gasteiger partial charge in [-0.05, 0) is 38.2 Å². The second kappa shape index (κ2) is 6.81. The smallest absolute Gasteiger partial charge is 0.340 e. The molecule has 1 unspecified atom stereocenters. The molecule has 0 saturated carbocycles. The normalized spacial score (nSPS) is 19.5. The number of benzene rings is 1. The van der Waals surface area contributed by atoms with Crippen LogP contribution in [0.15, 0.2) is 24.3 Å². The maximum atomic E-state index is 11.9. The quantitative estimate of drug-likeness (QED) is 0.771. The summed E-state index contributed by atoms with van der Waals surface area (Å²) in [5.41, 5.74) is 1.54. The summed E-state index contributed by atoms with van der Waals surface area (Å²) in [4.78, 5) is 16.0. The van der Waals surface area contributed by atoms with E-state index in [-0.39, 0.29) is 0 Å². The van der Waals surface area contributed by atoms with Gasteiger partial charge in [0.05, 0.1) is 5.56 Å². The molecule has 110 valence electrons. The molecule has 20 heavy (non-hydrogen) atoms. The van der Waals surface area contributed by atoms with E-state index in [4.69, 9.17) is 0 Å². The van der Waals surface area contributed by atoms with Crippen LogP contribution >= 0.6 is 0 Å². The van der Waals surface area contributed by atoms with Gasteiger partial charge in [-0.15, -0.1) is 0 Å². The van der Waals surface area contributed by atoms with Crippen molar-refractivity contribution in [2.45, 2.75) is 19.0 Å². The minimum absolute atomic E-state index is 0.388. The van der Waals surface area contributed by atoms with Gasteiger partial charge in [-0.3, -0.25) is 4.90 Å². The number of likely N-dealkylation sites (N-methyl/N-ethyl adjacent to an activating group) is 1. The van der Waals surface area contributed by atoms with Crippen LogP contribution in [-0.4, -0.2) is 55.9 Å². The molecule has 1 aromatic rings. The molecule has 0 amide bonds. The van der Waals surface area contributed by atoms with Crippen molar-refractivity contribution >= 4 is 5.97 Å². The molecule has 1 fully saturated rings. The Labute approximate surface area is 119 Å². The van der Waals surface area contributed by atoms with Gasteiger partial charge >= 0.3 is 5.97 Å². The van der Waals surface area contributed by atoms with Gasteiger partial charge in [-0.1, -0.05) is 12.1 Å². The van der Waals surface area contributed by atoms with Gasteiger partial charge in [0, 0.05) is 25.7 Å². The van der Waals surface area contributed by atoms with Crippen molar-refractivity contribution in [3.05, 3.63) is 35.4 Å². The van der Waals surface area contributed by atoms with Crippen molar-refractivity contribution in [1.29, 1.82) is 0 Å². The Morgan fingerprint density at radius 3 is 2.65 bits per heavy atom. The summed E-state index contributed by atoms with van der Waals surface area (Å²) < 4.78 is 16.2. The van der Waals surface area contributed by atoms with Crippen LogP contribution in [0.3, 0.4) is 0 Å². The molecule has 0 N–H and O–H groups in total. The predicted molar refractivity (Wildman–Crippen MR) is 75.2 cm³/mol. The maximum absolute atomic E-state index is 11.9. The fraction of sp³-hybridized carbons (Fsp3) is 0.533. The third-order valence-electron chi connectivity index (χ3n) is 3.76. The number of ether oxygens (including phenoxy) is 1. The Bertz CT molecular complexity index is 448. The van der Waals surface area contributed by atoms with Crippen LogP contribution in [0.2, 0.25) is 0 Å². The lowest BCUT2D eigenvalue weighted by Crippen LogP contribution is -2.31. The summed E-state index contributed by atoms with van der Waals surface area (Å²) in [6.45, 7) is 1.95. The highest BCUT2D eigenvalue weighted by molar-refractivity contribution is 5.89. The molecule has 0 aromatic heterocycles. The van der Waals surface area contributed by atoms with Gasteiger partial charge < -0.3 is 9.64 Å². The number of nitrogens with zero attached hydrogens (tertiary/aromatic N) is 2. The lowest BCUT2D eigenvalue weighted by atomic mass is 10.1. The van der Waals surface area contributed by atoms with E-state index in [0.717, 1.165) is 25.2 Å². The molecule has 1 aliphatic rings. The van der Waals surface area contributed by atoms with Crippen molar-refractivity contribution in [3.63, 3.8) is 0 Å². The number of rotatable bonds is 5. The molecular weight excluding hydrogens is 259 g/mol. The Hall–Kier alpha value is -1.46. The van der Waals surface area contributed by atoms with Crippen molar-refractivity contribution < 1.29 is 13.9 Å². The molecule has 1 aliphatic heterocycles. The average molecular weight is 280 g/mol. The molecule has 0 spiro atoms. The number of hydrogen-bond acceptors (Lipinski definition) is 4. The number of alkyl halides is 1. The Morgan fingerprint density at radius 1 is 1.40 bits per heavy atom. The summed E-state index contributed by atoms with van der Waals surface area (Å²) in [5, 5.41) is 0. The monoisotopic (exact) mass is 280 g/mol. The van der Waals surface area contributed by atoms with Crippen molar-refractivity contribution in [1.82, 2.24) is 9.80 Å². The van der Waals surface area contributed by atoms with E-state index in [1.165, 1.54) is 6.42 Å². The van der Waals surface area contributed by atoms with Gasteiger partial charge in [0.1, 0.15) is 0 Å². The van der Waals surface area contributed by atoms with E-state index in [1.54, 1.807) is 12.1 Å². The van der Waals surface area contributed by atoms with Crippen LogP contribution in [0.1, 0.15) is 22.3 Å². The summed E-state index contributed by atoms with van der Waals surface area (Å²) in [5.74, 6) is -0.618. The predicted octanol–water partition coefficient (Wildman–Crippen LogP) is 1.91. The molecule has 0 aliphatic carbocycles. The van der Waals surface area contributed by atoms with Crippen molar-refractivity contribution in [2.75, 3.05) is 34.0 Å². The Balaban J connectivity index is 1.90. The maximum Gasteiger partial charge on any atom is 0.340 e. The van der Waals surface area contributed by atoms with E-state index in [9.17, 15) is 9.18 Å². The first-order valence-corrected chi connectivity index (χ1v) is 6.81. The van der Waals surface area contributed by atoms with Gasteiger partial charge in [0.25, 0.3) is 0 Å². The molecule has 1 saturated heterocycles. The first-order valence-electron chi connectivity index (χ1n) is 6.81. The number of esters is 1. The summed E-state index contributed by atoms with van der Waals surface area (Å²) in [7, 11) is 4.22.